The van der Waals surface area contributed by atoms with E-state index in [4.69, 9.17) is 0 Å². The Morgan fingerprint density at radius 3 is 2.32 bits per heavy atom. The highest BCUT2D eigenvalue weighted by atomic mass is 32.2. The molecule has 0 aliphatic rings. The van der Waals surface area contributed by atoms with Gasteiger partial charge in [-0.2, -0.15) is 13.2 Å². The van der Waals surface area contributed by atoms with Crippen LogP contribution in [-0.2, 0) is 28.7 Å². The van der Waals surface area contributed by atoms with Gasteiger partial charge in [-0.05, 0) is 29.8 Å². The summed E-state index contributed by atoms with van der Waals surface area (Å²) in [6, 6.07) is 14.1. The number of rotatable bonds is 7. The van der Waals surface area contributed by atoms with Crippen LogP contribution in [0, 0.1) is 0 Å². The molecule has 0 N–H and O–H groups in total. The van der Waals surface area contributed by atoms with Crippen molar-refractivity contribution >= 4 is 15.7 Å². The zero-order chi connectivity index (χ0) is 22.6. The largest absolute Gasteiger partial charge is 0.406 e. The van der Waals surface area contributed by atoms with E-state index in [1.807, 2.05) is 0 Å². The number of sulfone groups is 1. The van der Waals surface area contributed by atoms with Gasteiger partial charge in [0.1, 0.15) is 12.4 Å². The standard InChI is InChI=1S/C21H20F3N3O3S/c1-26(13-19-25-11-12-27(19)15-21(22,23)24)20(28)17-9-7-16(8-10-17)14-31(29,30)18-5-3-2-4-6-18/h2-12H,13-15H2,1H3. The van der Waals surface area contributed by atoms with Gasteiger partial charge < -0.3 is 9.47 Å². The molecule has 0 saturated carbocycles. The first-order valence-corrected chi connectivity index (χ1v) is 10.9. The fraction of sp³-hybridized carbons (Fsp3) is 0.238. The summed E-state index contributed by atoms with van der Waals surface area (Å²) in [5.74, 6) is -0.520. The van der Waals surface area contributed by atoms with Gasteiger partial charge in [0, 0.05) is 25.0 Å². The summed E-state index contributed by atoms with van der Waals surface area (Å²) in [5.41, 5.74) is 0.807. The van der Waals surface area contributed by atoms with E-state index in [0.717, 1.165) is 4.57 Å². The number of carbonyl (C=O) groups excluding carboxylic acids is 1. The summed E-state index contributed by atoms with van der Waals surface area (Å²) in [5, 5.41) is 0. The van der Waals surface area contributed by atoms with Gasteiger partial charge in [0.2, 0.25) is 0 Å². The molecular formula is C21H20F3N3O3S. The van der Waals surface area contributed by atoms with E-state index in [1.54, 1.807) is 30.3 Å². The van der Waals surface area contributed by atoms with Crippen molar-refractivity contribution in [1.29, 1.82) is 0 Å². The van der Waals surface area contributed by atoms with E-state index in [1.165, 1.54) is 48.6 Å². The normalized spacial score (nSPS) is 12.0. The summed E-state index contributed by atoms with van der Waals surface area (Å²) in [7, 11) is -2.05. The van der Waals surface area contributed by atoms with Crippen molar-refractivity contribution in [3.8, 4) is 0 Å². The van der Waals surface area contributed by atoms with Crippen molar-refractivity contribution in [3.05, 3.63) is 83.9 Å². The summed E-state index contributed by atoms with van der Waals surface area (Å²) in [4.78, 5) is 18.0. The molecule has 3 aromatic rings. The molecule has 1 heterocycles. The molecule has 0 fully saturated rings. The predicted molar refractivity (Wildman–Crippen MR) is 108 cm³/mol. The fourth-order valence-corrected chi connectivity index (χ4v) is 4.38. The quantitative estimate of drug-likeness (QED) is 0.549. The third-order valence-electron chi connectivity index (χ3n) is 4.54. The van der Waals surface area contributed by atoms with Crippen LogP contribution >= 0.6 is 0 Å². The predicted octanol–water partition coefficient (Wildman–Crippen LogP) is 3.69. The number of amides is 1. The number of halogens is 3. The molecule has 0 atom stereocenters. The van der Waals surface area contributed by atoms with Crippen LogP contribution in [0.1, 0.15) is 21.7 Å². The second kappa shape index (κ2) is 8.93. The molecule has 0 bridgehead atoms. The molecule has 3 rings (SSSR count). The molecule has 164 valence electrons. The van der Waals surface area contributed by atoms with Crippen LogP contribution in [0.25, 0.3) is 0 Å². The van der Waals surface area contributed by atoms with Gasteiger partial charge >= 0.3 is 6.18 Å². The molecule has 1 aromatic heterocycles. The third-order valence-corrected chi connectivity index (χ3v) is 6.24. The number of hydrogen-bond acceptors (Lipinski definition) is 4. The number of hydrogen-bond donors (Lipinski definition) is 0. The first-order valence-electron chi connectivity index (χ1n) is 9.24. The number of nitrogens with zero attached hydrogens (tertiary/aromatic N) is 3. The zero-order valence-corrected chi connectivity index (χ0v) is 17.4. The van der Waals surface area contributed by atoms with Crippen LogP contribution in [0.15, 0.2) is 71.9 Å². The average molecular weight is 451 g/mol. The van der Waals surface area contributed by atoms with Crippen LogP contribution in [0.2, 0.25) is 0 Å². The van der Waals surface area contributed by atoms with E-state index in [9.17, 15) is 26.4 Å². The van der Waals surface area contributed by atoms with Crippen molar-refractivity contribution in [2.24, 2.45) is 0 Å². The Kier molecular flexibility index (Phi) is 6.49. The highest BCUT2D eigenvalue weighted by molar-refractivity contribution is 7.90. The van der Waals surface area contributed by atoms with Crippen LogP contribution in [-0.4, -0.2) is 42.0 Å². The van der Waals surface area contributed by atoms with E-state index < -0.39 is 28.5 Å². The Balaban J connectivity index is 1.67. The van der Waals surface area contributed by atoms with Gasteiger partial charge in [0.25, 0.3) is 5.91 Å². The number of imidazole rings is 1. The maximum atomic E-state index is 12.7. The number of alkyl halides is 3. The first kappa shape index (κ1) is 22.5. The summed E-state index contributed by atoms with van der Waals surface area (Å²) in [6.45, 7) is -1.29. The highest BCUT2D eigenvalue weighted by Gasteiger charge is 2.29. The van der Waals surface area contributed by atoms with E-state index in [0.29, 0.717) is 5.56 Å². The molecular weight excluding hydrogens is 431 g/mol. The highest BCUT2D eigenvalue weighted by Crippen LogP contribution is 2.20. The molecule has 31 heavy (non-hydrogen) atoms. The lowest BCUT2D eigenvalue weighted by atomic mass is 10.1. The van der Waals surface area contributed by atoms with Crippen LogP contribution in [0.3, 0.4) is 0 Å². The van der Waals surface area contributed by atoms with Crippen molar-refractivity contribution < 1.29 is 26.4 Å². The smallest absolute Gasteiger partial charge is 0.334 e. The van der Waals surface area contributed by atoms with Gasteiger partial charge in [0.05, 0.1) is 17.2 Å². The number of carbonyl (C=O) groups is 1. The van der Waals surface area contributed by atoms with Gasteiger partial charge in [-0.15, -0.1) is 0 Å². The van der Waals surface area contributed by atoms with Crippen molar-refractivity contribution in [2.45, 2.75) is 29.9 Å². The Hall–Kier alpha value is -3.14. The molecule has 0 saturated heterocycles. The van der Waals surface area contributed by atoms with Crippen LogP contribution < -0.4 is 0 Å². The molecule has 10 heteroatoms. The lowest BCUT2D eigenvalue weighted by Crippen LogP contribution is -2.29. The zero-order valence-electron chi connectivity index (χ0n) is 16.6. The molecule has 2 aromatic carbocycles. The number of benzene rings is 2. The first-order chi connectivity index (χ1) is 14.5. The molecule has 0 spiro atoms. The third kappa shape index (κ3) is 5.94. The van der Waals surface area contributed by atoms with Crippen molar-refractivity contribution in [1.82, 2.24) is 14.5 Å². The van der Waals surface area contributed by atoms with E-state index >= 15 is 0 Å². The lowest BCUT2D eigenvalue weighted by molar-refractivity contribution is -0.141. The average Bonchev–Trinajstić information content (AvgIpc) is 3.13. The summed E-state index contributed by atoms with van der Waals surface area (Å²) < 4.78 is 63.8. The topological polar surface area (TPSA) is 72.3 Å². The van der Waals surface area contributed by atoms with Gasteiger partial charge in [-0.25, -0.2) is 13.4 Å². The maximum absolute atomic E-state index is 12.7. The second-order valence-corrected chi connectivity index (χ2v) is 9.01. The molecule has 0 radical (unpaired) electrons. The van der Waals surface area contributed by atoms with Gasteiger partial charge in [0.15, 0.2) is 9.84 Å². The van der Waals surface area contributed by atoms with Gasteiger partial charge in [-0.3, -0.25) is 4.79 Å². The SMILES string of the molecule is CN(Cc1nccn1CC(F)(F)F)C(=O)c1ccc(CS(=O)(=O)c2ccccc2)cc1. The van der Waals surface area contributed by atoms with Crippen LogP contribution in [0.4, 0.5) is 13.2 Å². The molecule has 6 nitrogen and oxygen atoms in total. The van der Waals surface area contributed by atoms with Crippen molar-refractivity contribution in [2.75, 3.05) is 7.05 Å². The van der Waals surface area contributed by atoms with E-state index in [-0.39, 0.29) is 28.6 Å². The fourth-order valence-electron chi connectivity index (χ4n) is 3.01. The number of aromatic nitrogens is 2. The Labute approximate surface area is 177 Å². The van der Waals surface area contributed by atoms with E-state index in [2.05, 4.69) is 4.98 Å². The molecule has 0 aliphatic heterocycles. The molecule has 1 amide bonds. The lowest BCUT2D eigenvalue weighted by Gasteiger charge is -2.18. The Morgan fingerprint density at radius 2 is 1.71 bits per heavy atom. The molecule has 0 aliphatic carbocycles. The van der Waals surface area contributed by atoms with Gasteiger partial charge in [-0.1, -0.05) is 30.3 Å². The Bertz CT molecular complexity index is 1140. The minimum absolute atomic E-state index is 0.105. The minimum Gasteiger partial charge on any atom is -0.334 e. The Morgan fingerprint density at radius 1 is 1.06 bits per heavy atom. The maximum Gasteiger partial charge on any atom is 0.406 e. The summed E-state index contributed by atoms with van der Waals surface area (Å²) in [6.07, 6.45) is -1.93. The monoisotopic (exact) mass is 451 g/mol. The molecule has 0 unspecified atom stereocenters. The van der Waals surface area contributed by atoms with Crippen molar-refractivity contribution in [3.63, 3.8) is 0 Å². The minimum atomic E-state index is -4.39. The van der Waals surface area contributed by atoms with Crippen LogP contribution in [0.5, 0.6) is 0 Å². The summed E-state index contributed by atoms with van der Waals surface area (Å²) >= 11 is 0. The second-order valence-electron chi connectivity index (χ2n) is 7.02.